The standard InChI is InChI=1S/C15H20N4O3/c16-12(8-4-5-9-21-15(17)20)14-18-13(19-22-14)10-11-6-2-1-3-7-11/h1-3,6-7,12H,4-5,8-10,16H2,(H2,17,20)/t12-/m1/s1. The van der Waals surface area contributed by atoms with Crippen LogP contribution in [0.4, 0.5) is 4.79 Å². The van der Waals surface area contributed by atoms with Crippen LogP contribution in [0.15, 0.2) is 34.9 Å². The third-order valence-electron chi connectivity index (χ3n) is 3.16. The van der Waals surface area contributed by atoms with Crippen molar-refractivity contribution in [1.82, 2.24) is 10.1 Å². The highest BCUT2D eigenvalue weighted by Gasteiger charge is 2.14. The van der Waals surface area contributed by atoms with Gasteiger partial charge in [-0.2, -0.15) is 4.98 Å². The summed E-state index contributed by atoms with van der Waals surface area (Å²) in [6.07, 6.45) is 2.01. The predicted molar refractivity (Wildman–Crippen MR) is 79.9 cm³/mol. The minimum atomic E-state index is -0.758. The molecule has 2 rings (SSSR count). The van der Waals surface area contributed by atoms with Crippen LogP contribution in [0.2, 0.25) is 0 Å². The molecule has 0 bridgehead atoms. The highest BCUT2D eigenvalue weighted by molar-refractivity contribution is 5.64. The van der Waals surface area contributed by atoms with Crippen LogP contribution in [0.3, 0.4) is 0 Å². The third-order valence-corrected chi connectivity index (χ3v) is 3.16. The average molecular weight is 304 g/mol. The van der Waals surface area contributed by atoms with Crippen molar-refractivity contribution in [2.75, 3.05) is 6.61 Å². The normalized spacial score (nSPS) is 12.0. The van der Waals surface area contributed by atoms with Gasteiger partial charge in [-0.3, -0.25) is 0 Å². The second-order valence-corrected chi connectivity index (χ2v) is 4.98. The number of primary amides is 1. The molecule has 0 spiro atoms. The molecule has 4 N–H and O–H groups in total. The average Bonchev–Trinajstić information content (AvgIpc) is 2.96. The van der Waals surface area contributed by atoms with Gasteiger partial charge in [-0.1, -0.05) is 35.5 Å². The number of benzene rings is 1. The molecule has 0 aliphatic rings. The number of unbranched alkanes of at least 4 members (excludes halogenated alkanes) is 1. The molecule has 22 heavy (non-hydrogen) atoms. The van der Waals surface area contributed by atoms with Gasteiger partial charge < -0.3 is 20.7 Å². The first-order chi connectivity index (χ1) is 10.6. The molecule has 2 aromatic rings. The molecule has 0 aliphatic heterocycles. The summed E-state index contributed by atoms with van der Waals surface area (Å²) in [5.41, 5.74) is 12.0. The lowest BCUT2D eigenvalue weighted by atomic mass is 10.1. The van der Waals surface area contributed by atoms with Crippen molar-refractivity contribution in [1.29, 1.82) is 0 Å². The summed E-state index contributed by atoms with van der Waals surface area (Å²) in [6.45, 7) is 0.297. The van der Waals surface area contributed by atoms with Crippen LogP contribution in [0.25, 0.3) is 0 Å². The van der Waals surface area contributed by atoms with Gasteiger partial charge >= 0.3 is 6.09 Å². The highest BCUT2D eigenvalue weighted by Crippen LogP contribution is 2.16. The van der Waals surface area contributed by atoms with Gasteiger partial charge in [0.2, 0.25) is 5.89 Å². The number of amides is 1. The van der Waals surface area contributed by atoms with Crippen LogP contribution in [-0.4, -0.2) is 22.8 Å². The van der Waals surface area contributed by atoms with E-state index in [9.17, 15) is 4.79 Å². The number of nitrogens with zero attached hydrogens (tertiary/aromatic N) is 2. The maximum atomic E-state index is 10.4. The summed E-state index contributed by atoms with van der Waals surface area (Å²) in [4.78, 5) is 14.7. The quantitative estimate of drug-likeness (QED) is 0.719. The van der Waals surface area contributed by atoms with Crippen molar-refractivity contribution < 1.29 is 14.1 Å². The predicted octanol–water partition coefficient (Wildman–Crippen LogP) is 1.93. The molecule has 0 unspecified atom stereocenters. The molecule has 0 radical (unpaired) electrons. The first-order valence-corrected chi connectivity index (χ1v) is 7.19. The first-order valence-electron chi connectivity index (χ1n) is 7.19. The number of aromatic nitrogens is 2. The monoisotopic (exact) mass is 304 g/mol. The SMILES string of the molecule is NC(=O)OCCCC[C@@H](N)c1nc(Cc2ccccc2)no1. The Morgan fingerprint density at radius 1 is 1.27 bits per heavy atom. The van der Waals surface area contributed by atoms with Gasteiger partial charge in [0.15, 0.2) is 5.82 Å². The number of ether oxygens (including phenoxy) is 1. The minimum Gasteiger partial charge on any atom is -0.450 e. The zero-order valence-electron chi connectivity index (χ0n) is 12.3. The Bertz CT molecular complexity index is 585. The molecule has 7 heteroatoms. The van der Waals surface area contributed by atoms with E-state index in [-0.39, 0.29) is 6.04 Å². The summed E-state index contributed by atoms with van der Waals surface area (Å²) in [5, 5.41) is 3.95. The van der Waals surface area contributed by atoms with Crippen molar-refractivity contribution in [2.24, 2.45) is 11.5 Å². The zero-order chi connectivity index (χ0) is 15.8. The van der Waals surface area contributed by atoms with E-state index in [2.05, 4.69) is 14.9 Å². The van der Waals surface area contributed by atoms with Crippen molar-refractivity contribution in [2.45, 2.75) is 31.7 Å². The molecule has 1 atom stereocenters. The van der Waals surface area contributed by atoms with Crippen LogP contribution in [0.5, 0.6) is 0 Å². The Balaban J connectivity index is 1.76. The lowest BCUT2D eigenvalue weighted by molar-refractivity contribution is 0.154. The van der Waals surface area contributed by atoms with Crippen LogP contribution in [-0.2, 0) is 11.2 Å². The number of rotatable bonds is 8. The highest BCUT2D eigenvalue weighted by atomic mass is 16.5. The molecule has 1 aromatic heterocycles. The van der Waals surface area contributed by atoms with Crippen molar-refractivity contribution >= 4 is 6.09 Å². The van der Waals surface area contributed by atoms with Crippen molar-refractivity contribution in [3.8, 4) is 0 Å². The maximum absolute atomic E-state index is 10.4. The molecule has 0 aliphatic carbocycles. The molecule has 0 saturated carbocycles. The van der Waals surface area contributed by atoms with Crippen LogP contribution in [0.1, 0.15) is 42.6 Å². The van der Waals surface area contributed by atoms with Crippen LogP contribution < -0.4 is 11.5 Å². The number of nitrogens with two attached hydrogens (primary N) is 2. The molecule has 0 fully saturated rings. The second kappa shape index (κ2) is 8.14. The molecular weight excluding hydrogens is 284 g/mol. The Labute approximate surface area is 128 Å². The van der Waals surface area contributed by atoms with Gasteiger partial charge in [0.1, 0.15) is 0 Å². The zero-order valence-corrected chi connectivity index (χ0v) is 12.3. The van der Waals surface area contributed by atoms with Gasteiger partial charge in [0.25, 0.3) is 0 Å². The van der Waals surface area contributed by atoms with Gasteiger partial charge in [-0.25, -0.2) is 4.79 Å². The molecular formula is C15H20N4O3. The summed E-state index contributed by atoms with van der Waals surface area (Å²) < 4.78 is 9.85. The molecule has 7 nitrogen and oxygen atoms in total. The van der Waals surface area contributed by atoms with Crippen molar-refractivity contribution in [3.05, 3.63) is 47.6 Å². The molecule has 118 valence electrons. The molecule has 1 heterocycles. The Kier molecular flexibility index (Phi) is 5.91. The summed E-state index contributed by atoms with van der Waals surface area (Å²) >= 11 is 0. The lowest BCUT2D eigenvalue weighted by Crippen LogP contribution is -2.14. The topological polar surface area (TPSA) is 117 Å². The summed E-state index contributed by atoms with van der Waals surface area (Å²) in [6, 6.07) is 9.60. The minimum absolute atomic E-state index is 0.297. The lowest BCUT2D eigenvalue weighted by Gasteiger charge is -2.06. The fourth-order valence-corrected chi connectivity index (χ4v) is 2.03. The van der Waals surface area contributed by atoms with E-state index in [1.54, 1.807) is 0 Å². The van der Waals surface area contributed by atoms with E-state index in [0.29, 0.717) is 37.6 Å². The van der Waals surface area contributed by atoms with Gasteiger partial charge in [-0.05, 0) is 24.8 Å². The first kappa shape index (κ1) is 16.0. The number of hydrogen-bond donors (Lipinski definition) is 2. The Morgan fingerprint density at radius 3 is 2.77 bits per heavy atom. The van der Waals surface area contributed by atoms with E-state index >= 15 is 0 Å². The second-order valence-electron chi connectivity index (χ2n) is 4.98. The number of carbonyl (C=O) groups is 1. The maximum Gasteiger partial charge on any atom is 0.404 e. The smallest absolute Gasteiger partial charge is 0.404 e. The van der Waals surface area contributed by atoms with E-state index in [1.165, 1.54) is 0 Å². The van der Waals surface area contributed by atoms with E-state index in [4.69, 9.17) is 16.0 Å². The van der Waals surface area contributed by atoms with Crippen LogP contribution in [0, 0.1) is 0 Å². The number of hydrogen-bond acceptors (Lipinski definition) is 6. The number of carbonyl (C=O) groups excluding carboxylic acids is 1. The Hall–Kier alpha value is -2.41. The van der Waals surface area contributed by atoms with E-state index < -0.39 is 6.09 Å². The van der Waals surface area contributed by atoms with Gasteiger partial charge in [0, 0.05) is 6.42 Å². The van der Waals surface area contributed by atoms with Crippen LogP contribution >= 0.6 is 0 Å². The molecule has 1 aromatic carbocycles. The Morgan fingerprint density at radius 2 is 2.05 bits per heavy atom. The van der Waals surface area contributed by atoms with E-state index in [1.807, 2.05) is 30.3 Å². The fraction of sp³-hybridized carbons (Fsp3) is 0.400. The molecule has 0 saturated heterocycles. The summed E-state index contributed by atoms with van der Waals surface area (Å²) in [7, 11) is 0. The van der Waals surface area contributed by atoms with E-state index in [0.717, 1.165) is 12.0 Å². The molecule has 1 amide bonds. The summed E-state index contributed by atoms with van der Waals surface area (Å²) in [5.74, 6) is 1.05. The van der Waals surface area contributed by atoms with Gasteiger partial charge in [0.05, 0.1) is 12.6 Å². The largest absolute Gasteiger partial charge is 0.450 e. The van der Waals surface area contributed by atoms with Crippen molar-refractivity contribution in [3.63, 3.8) is 0 Å². The fourth-order valence-electron chi connectivity index (χ4n) is 2.03. The van der Waals surface area contributed by atoms with Gasteiger partial charge in [-0.15, -0.1) is 0 Å². The third kappa shape index (κ3) is 5.17.